The Morgan fingerprint density at radius 1 is 1.36 bits per heavy atom. The van der Waals surface area contributed by atoms with Crippen molar-refractivity contribution in [3.63, 3.8) is 0 Å². The van der Waals surface area contributed by atoms with Gasteiger partial charge in [0.05, 0.1) is 23.4 Å². The summed E-state index contributed by atoms with van der Waals surface area (Å²) in [6, 6.07) is 4.88. The third-order valence-corrected chi connectivity index (χ3v) is 5.06. The molecule has 1 aliphatic heterocycles. The summed E-state index contributed by atoms with van der Waals surface area (Å²) in [4.78, 5) is 8.38. The van der Waals surface area contributed by atoms with Gasteiger partial charge in [0.1, 0.15) is 10.4 Å². The van der Waals surface area contributed by atoms with E-state index >= 15 is 0 Å². The highest BCUT2D eigenvalue weighted by Gasteiger charge is 2.20. The van der Waals surface area contributed by atoms with Crippen LogP contribution in [0.3, 0.4) is 0 Å². The fraction of sp³-hybridized carbons (Fsp3) is 0.286. The van der Waals surface area contributed by atoms with E-state index in [0.717, 1.165) is 24.2 Å². The number of anilines is 1. The van der Waals surface area contributed by atoms with Gasteiger partial charge >= 0.3 is 0 Å². The van der Waals surface area contributed by atoms with Crippen molar-refractivity contribution >= 4 is 31.8 Å². The lowest BCUT2D eigenvalue weighted by Crippen LogP contribution is -2.16. The maximum atomic E-state index is 12.5. The fourth-order valence-electron chi connectivity index (χ4n) is 2.24. The number of aromatic nitrogens is 2. The molecule has 1 aromatic heterocycles. The lowest BCUT2D eigenvalue weighted by molar-refractivity contribution is 0.288. The summed E-state index contributed by atoms with van der Waals surface area (Å²) in [5.41, 5.74) is 1.41. The van der Waals surface area contributed by atoms with Gasteiger partial charge in [-0.05, 0) is 59.5 Å². The normalized spacial score (nSPS) is 14.1. The molecule has 1 aromatic carbocycles. The third-order valence-electron chi connectivity index (χ3n) is 3.34. The van der Waals surface area contributed by atoms with Crippen LogP contribution in [-0.2, 0) is 16.4 Å². The van der Waals surface area contributed by atoms with E-state index in [4.69, 9.17) is 4.74 Å². The molecule has 0 saturated carbocycles. The molecule has 22 heavy (non-hydrogen) atoms. The zero-order valence-corrected chi connectivity index (χ0v) is 14.2. The number of aryl methyl sites for hydroxylation is 2. The van der Waals surface area contributed by atoms with E-state index in [0.29, 0.717) is 16.9 Å². The molecule has 0 amide bonds. The second-order valence-electron chi connectivity index (χ2n) is 4.95. The van der Waals surface area contributed by atoms with Gasteiger partial charge in [-0.3, -0.25) is 4.72 Å². The van der Waals surface area contributed by atoms with Crippen molar-refractivity contribution in [2.45, 2.75) is 24.7 Å². The first kappa shape index (κ1) is 15.2. The quantitative estimate of drug-likeness (QED) is 0.880. The molecule has 0 fully saturated rings. The van der Waals surface area contributed by atoms with Gasteiger partial charge in [-0.2, -0.15) is 0 Å². The number of hydrogen-bond acceptors (Lipinski definition) is 5. The number of nitrogens with zero attached hydrogens (tertiary/aromatic N) is 2. The molecule has 3 rings (SSSR count). The maximum absolute atomic E-state index is 12.5. The summed E-state index contributed by atoms with van der Waals surface area (Å²) in [5.74, 6) is 0.974. The van der Waals surface area contributed by atoms with E-state index in [1.165, 1.54) is 12.3 Å². The molecule has 6 nitrogen and oxygen atoms in total. The molecule has 8 heteroatoms. The molecule has 1 N–H and O–H groups in total. The standard InChI is InChI=1S/C14H14BrN3O3S/c1-9-14(16-8-13(15)17-9)18-22(19,20)11-4-5-12-10(7-11)3-2-6-21-12/h4-5,7-8H,2-3,6H2,1H3,(H,16,18). The van der Waals surface area contributed by atoms with Crippen molar-refractivity contribution in [1.29, 1.82) is 0 Å². The van der Waals surface area contributed by atoms with Gasteiger partial charge in [0.15, 0.2) is 5.82 Å². The topological polar surface area (TPSA) is 81.2 Å². The summed E-state index contributed by atoms with van der Waals surface area (Å²) in [7, 11) is -3.71. The number of sulfonamides is 1. The average molecular weight is 384 g/mol. The van der Waals surface area contributed by atoms with Crippen LogP contribution in [0.2, 0.25) is 0 Å². The maximum Gasteiger partial charge on any atom is 0.263 e. The van der Waals surface area contributed by atoms with Crippen LogP contribution in [0, 0.1) is 6.92 Å². The molecule has 0 saturated heterocycles. The van der Waals surface area contributed by atoms with E-state index in [-0.39, 0.29) is 10.7 Å². The van der Waals surface area contributed by atoms with Gasteiger partial charge < -0.3 is 4.74 Å². The van der Waals surface area contributed by atoms with Crippen LogP contribution in [-0.4, -0.2) is 25.0 Å². The summed E-state index contributed by atoms with van der Waals surface area (Å²) in [6.07, 6.45) is 3.16. The van der Waals surface area contributed by atoms with E-state index in [1.807, 2.05) is 0 Å². The number of nitrogens with one attached hydrogen (secondary N) is 1. The summed E-state index contributed by atoms with van der Waals surface area (Å²) >= 11 is 3.20. The van der Waals surface area contributed by atoms with Crippen LogP contribution in [0.4, 0.5) is 5.82 Å². The van der Waals surface area contributed by atoms with Gasteiger partial charge in [0.25, 0.3) is 10.0 Å². The molecule has 0 aliphatic carbocycles. The zero-order valence-electron chi connectivity index (χ0n) is 11.8. The van der Waals surface area contributed by atoms with Crippen LogP contribution < -0.4 is 9.46 Å². The monoisotopic (exact) mass is 383 g/mol. The molecular weight excluding hydrogens is 370 g/mol. The van der Waals surface area contributed by atoms with Crippen molar-refractivity contribution in [3.8, 4) is 5.75 Å². The number of halogens is 1. The lowest BCUT2D eigenvalue weighted by atomic mass is 10.1. The van der Waals surface area contributed by atoms with E-state index < -0.39 is 10.0 Å². The van der Waals surface area contributed by atoms with Crippen LogP contribution in [0.25, 0.3) is 0 Å². The minimum Gasteiger partial charge on any atom is -0.493 e. The molecule has 2 heterocycles. The van der Waals surface area contributed by atoms with Crippen LogP contribution in [0.5, 0.6) is 5.75 Å². The Bertz CT molecular complexity index is 824. The van der Waals surface area contributed by atoms with Gasteiger partial charge in [0.2, 0.25) is 0 Å². The highest BCUT2D eigenvalue weighted by molar-refractivity contribution is 9.10. The highest BCUT2D eigenvalue weighted by atomic mass is 79.9. The van der Waals surface area contributed by atoms with E-state index in [9.17, 15) is 8.42 Å². The minimum atomic E-state index is -3.71. The van der Waals surface area contributed by atoms with Crippen LogP contribution in [0.1, 0.15) is 17.7 Å². The Hall–Kier alpha value is -1.67. The largest absolute Gasteiger partial charge is 0.493 e. The first-order valence-electron chi connectivity index (χ1n) is 6.73. The van der Waals surface area contributed by atoms with Gasteiger partial charge in [-0.15, -0.1) is 0 Å². The molecular formula is C14H14BrN3O3S. The molecule has 2 aromatic rings. The van der Waals surface area contributed by atoms with E-state index in [1.54, 1.807) is 19.1 Å². The number of fused-ring (bicyclic) bond motifs is 1. The second kappa shape index (κ2) is 5.85. The van der Waals surface area contributed by atoms with Crippen LogP contribution in [0.15, 0.2) is 33.9 Å². The molecule has 0 spiro atoms. The van der Waals surface area contributed by atoms with Crippen molar-refractivity contribution in [2.24, 2.45) is 0 Å². The smallest absolute Gasteiger partial charge is 0.263 e. The number of ether oxygens (including phenoxy) is 1. The summed E-state index contributed by atoms with van der Waals surface area (Å²) < 4.78 is 33.5. The van der Waals surface area contributed by atoms with Crippen molar-refractivity contribution in [2.75, 3.05) is 11.3 Å². The van der Waals surface area contributed by atoms with Gasteiger partial charge in [-0.1, -0.05) is 0 Å². The second-order valence-corrected chi connectivity index (χ2v) is 7.45. The Labute approximate surface area is 137 Å². The van der Waals surface area contributed by atoms with Gasteiger partial charge in [0, 0.05) is 0 Å². The number of benzene rings is 1. The Morgan fingerprint density at radius 2 is 2.18 bits per heavy atom. The van der Waals surface area contributed by atoms with Gasteiger partial charge in [-0.25, -0.2) is 18.4 Å². The Balaban J connectivity index is 1.92. The summed E-state index contributed by atoms with van der Waals surface area (Å²) in [5, 5.41) is 0. The summed E-state index contributed by atoms with van der Waals surface area (Å²) in [6.45, 7) is 2.36. The SMILES string of the molecule is Cc1nc(Br)cnc1NS(=O)(=O)c1ccc2c(c1)CCCO2. The van der Waals surface area contributed by atoms with Crippen LogP contribution >= 0.6 is 15.9 Å². The molecule has 0 radical (unpaired) electrons. The lowest BCUT2D eigenvalue weighted by Gasteiger charge is -2.18. The number of hydrogen-bond donors (Lipinski definition) is 1. The average Bonchev–Trinajstić information content (AvgIpc) is 2.49. The Kier molecular flexibility index (Phi) is 4.05. The third kappa shape index (κ3) is 3.07. The predicted molar refractivity (Wildman–Crippen MR) is 85.5 cm³/mol. The highest BCUT2D eigenvalue weighted by Crippen LogP contribution is 2.28. The van der Waals surface area contributed by atoms with Crippen molar-refractivity contribution in [3.05, 3.63) is 40.3 Å². The molecule has 116 valence electrons. The minimum absolute atomic E-state index is 0.195. The van der Waals surface area contributed by atoms with E-state index in [2.05, 4.69) is 30.6 Å². The molecule has 0 atom stereocenters. The first-order chi connectivity index (χ1) is 10.5. The molecule has 0 bridgehead atoms. The zero-order chi connectivity index (χ0) is 15.7. The Morgan fingerprint density at radius 3 is 2.95 bits per heavy atom. The molecule has 0 unspecified atom stereocenters. The van der Waals surface area contributed by atoms with Crippen molar-refractivity contribution in [1.82, 2.24) is 9.97 Å². The fourth-order valence-corrected chi connectivity index (χ4v) is 3.73. The number of rotatable bonds is 3. The predicted octanol–water partition coefficient (Wildman–Crippen LogP) is 2.67. The molecule has 1 aliphatic rings. The van der Waals surface area contributed by atoms with Crippen molar-refractivity contribution < 1.29 is 13.2 Å². The first-order valence-corrected chi connectivity index (χ1v) is 9.01.